The number of esters is 1. The molecule has 2 saturated heterocycles. The van der Waals surface area contributed by atoms with E-state index < -0.39 is 11.3 Å². The van der Waals surface area contributed by atoms with Gasteiger partial charge in [-0.05, 0) is 88.5 Å². The number of hydrogen-bond donors (Lipinski definition) is 0. The molecule has 0 aromatic rings. The Morgan fingerprint density at radius 2 is 1.89 bits per heavy atom. The Hall–Kier alpha value is -2.15. The third kappa shape index (κ3) is 5.32. The third-order valence-corrected chi connectivity index (χ3v) is 9.47. The molecule has 0 N–H and O–H groups in total. The van der Waals surface area contributed by atoms with E-state index >= 15 is 0 Å². The van der Waals surface area contributed by atoms with Crippen LogP contribution < -0.4 is 0 Å². The summed E-state index contributed by atoms with van der Waals surface area (Å²) < 4.78 is 12.2. The fourth-order valence-electron chi connectivity index (χ4n) is 7.15. The summed E-state index contributed by atoms with van der Waals surface area (Å²) in [5.74, 6) is -0.375. The van der Waals surface area contributed by atoms with Gasteiger partial charge in [0, 0.05) is 37.7 Å². The highest BCUT2D eigenvalue weighted by Gasteiger charge is 2.63. The Morgan fingerprint density at radius 1 is 1.13 bits per heavy atom. The Morgan fingerprint density at radius 3 is 2.53 bits per heavy atom. The maximum Gasteiger partial charge on any atom is 0.320 e. The fraction of sp³-hybridized carbons (Fsp3) is 0.774. The SMILES string of the molecule is COC(=O)[C@]12C[C@H](CC(=O)N3CCCCC3)C(=O)N(CCC3=CCCCC3)C1=C[C@H](C(C)C)O[C@@H]2C1CC1. The molecule has 0 unspecified atom stereocenters. The van der Waals surface area contributed by atoms with E-state index in [4.69, 9.17) is 9.47 Å². The molecule has 0 aromatic heterocycles. The molecule has 2 aliphatic carbocycles. The van der Waals surface area contributed by atoms with Crippen molar-refractivity contribution >= 4 is 17.8 Å². The molecular weight excluding hydrogens is 480 g/mol. The van der Waals surface area contributed by atoms with Crippen LogP contribution in [0.2, 0.25) is 0 Å². The molecule has 5 rings (SSSR count). The molecular formula is C31H46N2O5. The zero-order chi connectivity index (χ0) is 26.9. The second-order valence-electron chi connectivity index (χ2n) is 12.5. The number of carbonyl (C=O) groups is 3. The van der Waals surface area contributed by atoms with E-state index in [1.54, 1.807) is 0 Å². The Balaban J connectivity index is 1.52. The number of nitrogens with zero attached hydrogens (tertiary/aromatic N) is 2. The lowest BCUT2D eigenvalue weighted by Crippen LogP contribution is -2.62. The quantitative estimate of drug-likeness (QED) is 0.328. The number of methoxy groups -OCH3 is 1. The van der Waals surface area contributed by atoms with Crippen molar-refractivity contribution in [2.75, 3.05) is 26.7 Å². The average molecular weight is 527 g/mol. The molecule has 0 radical (unpaired) electrons. The molecule has 4 atom stereocenters. The highest BCUT2D eigenvalue weighted by atomic mass is 16.5. The number of ether oxygens (including phenoxy) is 2. The third-order valence-electron chi connectivity index (χ3n) is 9.47. The smallest absolute Gasteiger partial charge is 0.320 e. The molecule has 5 aliphatic rings. The van der Waals surface area contributed by atoms with Crippen LogP contribution >= 0.6 is 0 Å². The normalized spacial score (nSPS) is 32.0. The summed E-state index contributed by atoms with van der Waals surface area (Å²) in [4.78, 5) is 45.2. The summed E-state index contributed by atoms with van der Waals surface area (Å²) in [7, 11) is 1.44. The standard InChI is InChI=1S/C31H46N2O5/c1-21(2)25-19-26-31(30(36)37-3,28(38-25)23-12-13-23)20-24(18-27(34)32-15-8-5-9-16-32)29(35)33(26)17-14-22-10-6-4-7-11-22/h10,19,21,23-25,28H,4-9,11-18,20H2,1-3H3/t24-,25+,28+,31+/m0/s1. The number of fused-ring (bicyclic) bond motifs is 1. The summed E-state index contributed by atoms with van der Waals surface area (Å²) >= 11 is 0. The molecule has 2 amide bonds. The van der Waals surface area contributed by atoms with Crippen LogP contribution in [0.1, 0.15) is 90.9 Å². The van der Waals surface area contributed by atoms with E-state index in [9.17, 15) is 14.4 Å². The van der Waals surface area contributed by atoms with Crippen molar-refractivity contribution in [2.45, 2.75) is 103 Å². The molecule has 38 heavy (non-hydrogen) atoms. The van der Waals surface area contributed by atoms with Crippen LogP contribution in [0.5, 0.6) is 0 Å². The van der Waals surface area contributed by atoms with Crippen molar-refractivity contribution in [3.63, 3.8) is 0 Å². The van der Waals surface area contributed by atoms with Crippen LogP contribution in [0.15, 0.2) is 23.4 Å². The van der Waals surface area contributed by atoms with Gasteiger partial charge in [0.25, 0.3) is 0 Å². The van der Waals surface area contributed by atoms with E-state index in [1.807, 2.05) is 15.9 Å². The Labute approximate surface area is 228 Å². The summed E-state index contributed by atoms with van der Waals surface area (Å²) in [6.45, 7) is 6.30. The molecule has 3 fully saturated rings. The van der Waals surface area contributed by atoms with Crippen LogP contribution in [-0.2, 0) is 23.9 Å². The minimum Gasteiger partial charge on any atom is -0.468 e. The average Bonchev–Trinajstić information content (AvgIpc) is 3.78. The number of carbonyl (C=O) groups excluding carboxylic acids is 3. The van der Waals surface area contributed by atoms with Crippen LogP contribution in [0.3, 0.4) is 0 Å². The molecule has 0 spiro atoms. The van der Waals surface area contributed by atoms with Gasteiger partial charge in [-0.1, -0.05) is 25.5 Å². The maximum atomic E-state index is 14.2. The number of amides is 2. The van der Waals surface area contributed by atoms with Crippen LogP contribution in [0, 0.1) is 23.2 Å². The number of likely N-dealkylation sites (tertiary alicyclic amines) is 2. The van der Waals surface area contributed by atoms with Crippen molar-refractivity contribution in [3.05, 3.63) is 23.4 Å². The number of rotatable bonds is 8. The first kappa shape index (κ1) is 27.4. The number of hydrogen-bond acceptors (Lipinski definition) is 5. The first-order valence-corrected chi connectivity index (χ1v) is 15.1. The van der Waals surface area contributed by atoms with E-state index in [2.05, 4.69) is 19.9 Å². The van der Waals surface area contributed by atoms with Gasteiger partial charge in [-0.15, -0.1) is 0 Å². The lowest BCUT2D eigenvalue weighted by Gasteiger charge is -2.53. The largest absolute Gasteiger partial charge is 0.468 e. The second-order valence-corrected chi connectivity index (χ2v) is 12.5. The van der Waals surface area contributed by atoms with Crippen molar-refractivity contribution < 1.29 is 23.9 Å². The van der Waals surface area contributed by atoms with E-state index in [-0.39, 0.29) is 54.7 Å². The summed E-state index contributed by atoms with van der Waals surface area (Å²) in [6.07, 6.45) is 14.9. The zero-order valence-electron chi connectivity index (χ0n) is 23.6. The van der Waals surface area contributed by atoms with Gasteiger partial charge in [0.05, 0.1) is 19.3 Å². The van der Waals surface area contributed by atoms with Gasteiger partial charge >= 0.3 is 5.97 Å². The molecule has 0 bridgehead atoms. The first-order valence-electron chi connectivity index (χ1n) is 15.1. The zero-order valence-corrected chi connectivity index (χ0v) is 23.6. The lowest BCUT2D eigenvalue weighted by atomic mass is 9.64. The van der Waals surface area contributed by atoms with E-state index in [1.165, 1.54) is 25.5 Å². The summed E-state index contributed by atoms with van der Waals surface area (Å²) in [6, 6.07) is 0. The summed E-state index contributed by atoms with van der Waals surface area (Å²) in [5, 5.41) is 0. The molecule has 3 heterocycles. The highest BCUT2D eigenvalue weighted by Crippen LogP contribution is 2.56. The second kappa shape index (κ2) is 11.5. The van der Waals surface area contributed by atoms with Crippen LogP contribution in [0.4, 0.5) is 0 Å². The van der Waals surface area contributed by atoms with Gasteiger partial charge in [0.2, 0.25) is 11.8 Å². The number of allylic oxidation sites excluding steroid dienone is 1. The van der Waals surface area contributed by atoms with Gasteiger partial charge in [-0.3, -0.25) is 14.4 Å². The van der Waals surface area contributed by atoms with Crippen LogP contribution in [-0.4, -0.2) is 66.5 Å². The first-order chi connectivity index (χ1) is 18.3. The maximum absolute atomic E-state index is 14.2. The highest BCUT2D eigenvalue weighted by molar-refractivity contribution is 5.93. The molecule has 7 heteroatoms. The topological polar surface area (TPSA) is 76.2 Å². The van der Waals surface area contributed by atoms with E-state index in [0.717, 1.165) is 70.2 Å². The molecule has 210 valence electrons. The fourth-order valence-corrected chi connectivity index (χ4v) is 7.15. The molecule has 3 aliphatic heterocycles. The molecule has 0 aromatic carbocycles. The molecule has 1 saturated carbocycles. The Kier molecular flexibility index (Phi) is 8.32. The Bertz CT molecular complexity index is 977. The van der Waals surface area contributed by atoms with Gasteiger partial charge in [0.1, 0.15) is 5.41 Å². The van der Waals surface area contributed by atoms with Crippen molar-refractivity contribution in [3.8, 4) is 0 Å². The van der Waals surface area contributed by atoms with Gasteiger partial charge < -0.3 is 19.3 Å². The summed E-state index contributed by atoms with van der Waals surface area (Å²) in [5.41, 5.74) is 1.11. The minimum atomic E-state index is -1.05. The lowest BCUT2D eigenvalue weighted by molar-refractivity contribution is -0.182. The van der Waals surface area contributed by atoms with Crippen molar-refractivity contribution in [1.29, 1.82) is 0 Å². The predicted molar refractivity (Wildman–Crippen MR) is 145 cm³/mol. The van der Waals surface area contributed by atoms with Crippen LogP contribution in [0.25, 0.3) is 0 Å². The van der Waals surface area contributed by atoms with Gasteiger partial charge in [-0.2, -0.15) is 0 Å². The molecule has 7 nitrogen and oxygen atoms in total. The van der Waals surface area contributed by atoms with Crippen molar-refractivity contribution in [2.24, 2.45) is 23.2 Å². The van der Waals surface area contributed by atoms with Crippen molar-refractivity contribution in [1.82, 2.24) is 9.80 Å². The van der Waals surface area contributed by atoms with Gasteiger partial charge in [0.15, 0.2) is 0 Å². The number of piperidine rings is 2. The minimum absolute atomic E-state index is 0.0171. The monoisotopic (exact) mass is 526 g/mol. The van der Waals surface area contributed by atoms with E-state index in [0.29, 0.717) is 6.54 Å². The predicted octanol–water partition coefficient (Wildman–Crippen LogP) is 5.00. The van der Waals surface area contributed by atoms with Gasteiger partial charge in [-0.25, -0.2) is 0 Å².